The maximum absolute atomic E-state index is 6.07. The predicted molar refractivity (Wildman–Crippen MR) is 84.7 cm³/mol. The summed E-state index contributed by atoms with van der Waals surface area (Å²) in [6.07, 6.45) is 8.62. The summed E-state index contributed by atoms with van der Waals surface area (Å²) in [5.41, 5.74) is 0.242. The Morgan fingerprint density at radius 3 is 2.81 bits per heavy atom. The van der Waals surface area contributed by atoms with E-state index in [2.05, 4.69) is 12.2 Å². The van der Waals surface area contributed by atoms with Gasteiger partial charge in [0.15, 0.2) is 0 Å². The summed E-state index contributed by atoms with van der Waals surface area (Å²) in [7, 11) is 1.72. The lowest BCUT2D eigenvalue weighted by Gasteiger charge is -2.49. The van der Waals surface area contributed by atoms with Crippen LogP contribution in [0.15, 0.2) is 0 Å². The predicted octanol–water partition coefficient (Wildman–Crippen LogP) is 2.76. The fourth-order valence-corrected chi connectivity index (χ4v) is 3.62. The molecular weight excluding hydrogens is 266 g/mol. The van der Waals surface area contributed by atoms with Crippen molar-refractivity contribution in [2.75, 3.05) is 40.1 Å². The number of rotatable bonds is 10. The van der Waals surface area contributed by atoms with Gasteiger partial charge in [0.2, 0.25) is 0 Å². The molecule has 21 heavy (non-hydrogen) atoms. The minimum Gasteiger partial charge on any atom is -0.382 e. The zero-order valence-corrected chi connectivity index (χ0v) is 13.9. The van der Waals surface area contributed by atoms with Crippen LogP contribution in [0.5, 0.6) is 0 Å². The van der Waals surface area contributed by atoms with Gasteiger partial charge in [-0.15, -0.1) is 0 Å². The Bertz CT molecular complexity index is 281. The van der Waals surface area contributed by atoms with Crippen molar-refractivity contribution in [2.24, 2.45) is 5.92 Å². The second-order valence-electron chi connectivity index (χ2n) is 6.59. The molecule has 2 unspecified atom stereocenters. The van der Waals surface area contributed by atoms with Gasteiger partial charge < -0.3 is 19.5 Å². The summed E-state index contributed by atoms with van der Waals surface area (Å²) < 4.78 is 16.8. The molecule has 4 heteroatoms. The third-order valence-corrected chi connectivity index (χ3v) is 5.03. The van der Waals surface area contributed by atoms with Crippen molar-refractivity contribution in [1.29, 1.82) is 0 Å². The van der Waals surface area contributed by atoms with E-state index in [9.17, 15) is 0 Å². The SMILES string of the molecule is CCCNC(CCOCCOC)C1CCOC2(CCC2)C1. The van der Waals surface area contributed by atoms with Gasteiger partial charge in [-0.3, -0.25) is 0 Å². The lowest BCUT2D eigenvalue weighted by atomic mass is 9.70. The summed E-state index contributed by atoms with van der Waals surface area (Å²) in [6.45, 7) is 6.50. The fourth-order valence-electron chi connectivity index (χ4n) is 3.62. The monoisotopic (exact) mass is 299 g/mol. The summed E-state index contributed by atoms with van der Waals surface area (Å²) in [5, 5.41) is 3.75. The van der Waals surface area contributed by atoms with Crippen molar-refractivity contribution in [3.8, 4) is 0 Å². The summed E-state index contributed by atoms with van der Waals surface area (Å²) in [4.78, 5) is 0. The van der Waals surface area contributed by atoms with Crippen molar-refractivity contribution < 1.29 is 14.2 Å². The molecule has 1 saturated carbocycles. The molecule has 0 aromatic carbocycles. The zero-order valence-electron chi connectivity index (χ0n) is 13.9. The van der Waals surface area contributed by atoms with Crippen molar-refractivity contribution in [3.05, 3.63) is 0 Å². The van der Waals surface area contributed by atoms with Crippen LogP contribution in [0.3, 0.4) is 0 Å². The van der Waals surface area contributed by atoms with Crippen LogP contribution < -0.4 is 5.32 Å². The van der Waals surface area contributed by atoms with Gasteiger partial charge in [0.05, 0.1) is 18.8 Å². The number of hydrogen-bond donors (Lipinski definition) is 1. The van der Waals surface area contributed by atoms with E-state index in [1.165, 1.54) is 38.5 Å². The number of nitrogens with one attached hydrogen (secondary N) is 1. The fraction of sp³-hybridized carbons (Fsp3) is 1.00. The Kier molecular flexibility index (Phi) is 7.44. The molecule has 0 aromatic rings. The molecular formula is C17H33NO3. The molecule has 1 aliphatic carbocycles. The van der Waals surface area contributed by atoms with Crippen molar-refractivity contribution in [2.45, 2.75) is 63.5 Å². The molecule has 4 nitrogen and oxygen atoms in total. The molecule has 2 aliphatic rings. The van der Waals surface area contributed by atoms with Crippen LogP contribution in [0.2, 0.25) is 0 Å². The number of methoxy groups -OCH3 is 1. The quantitative estimate of drug-likeness (QED) is 0.630. The third-order valence-electron chi connectivity index (χ3n) is 5.03. The lowest BCUT2D eigenvalue weighted by molar-refractivity contribution is -0.147. The standard InChI is InChI=1S/C17H33NO3/c1-3-9-18-16(6-10-20-13-12-19-2)15-5-11-21-17(14-15)7-4-8-17/h15-16,18H,3-14H2,1-2H3. The van der Waals surface area contributed by atoms with E-state index in [0.29, 0.717) is 19.3 Å². The minimum absolute atomic E-state index is 0.242. The molecule has 0 aromatic heterocycles. The van der Waals surface area contributed by atoms with Crippen LogP contribution >= 0.6 is 0 Å². The van der Waals surface area contributed by atoms with E-state index in [1.54, 1.807) is 7.11 Å². The lowest BCUT2D eigenvalue weighted by Crippen LogP contribution is -2.50. The van der Waals surface area contributed by atoms with E-state index < -0.39 is 0 Å². The molecule has 0 radical (unpaired) electrons. The van der Waals surface area contributed by atoms with Gasteiger partial charge in [-0.25, -0.2) is 0 Å². The van der Waals surface area contributed by atoms with Gasteiger partial charge in [0.1, 0.15) is 0 Å². The maximum Gasteiger partial charge on any atom is 0.0700 e. The number of ether oxygens (including phenoxy) is 3. The highest BCUT2D eigenvalue weighted by Gasteiger charge is 2.44. The molecule has 1 saturated heterocycles. The molecule has 1 spiro atoms. The van der Waals surface area contributed by atoms with E-state index in [-0.39, 0.29) is 5.60 Å². The van der Waals surface area contributed by atoms with Gasteiger partial charge in [-0.1, -0.05) is 6.92 Å². The first-order chi connectivity index (χ1) is 10.3. The molecule has 2 fully saturated rings. The highest BCUT2D eigenvalue weighted by molar-refractivity contribution is 4.96. The van der Waals surface area contributed by atoms with Gasteiger partial charge in [-0.05, 0) is 57.4 Å². The second-order valence-corrected chi connectivity index (χ2v) is 6.59. The van der Waals surface area contributed by atoms with Crippen LogP contribution in [0.25, 0.3) is 0 Å². The average molecular weight is 299 g/mol. The second kappa shape index (κ2) is 9.09. The Hall–Kier alpha value is -0.160. The summed E-state index contributed by atoms with van der Waals surface area (Å²) in [5.74, 6) is 0.747. The van der Waals surface area contributed by atoms with Crippen LogP contribution in [0.4, 0.5) is 0 Å². The highest BCUT2D eigenvalue weighted by Crippen LogP contribution is 2.45. The molecule has 2 atom stereocenters. The molecule has 124 valence electrons. The molecule has 1 heterocycles. The van der Waals surface area contributed by atoms with E-state index in [4.69, 9.17) is 14.2 Å². The average Bonchev–Trinajstić information content (AvgIpc) is 2.48. The van der Waals surface area contributed by atoms with Crippen molar-refractivity contribution in [1.82, 2.24) is 5.32 Å². The van der Waals surface area contributed by atoms with E-state index in [0.717, 1.165) is 32.1 Å². The normalized spacial score (nSPS) is 25.7. The topological polar surface area (TPSA) is 39.7 Å². The Morgan fingerprint density at radius 2 is 2.14 bits per heavy atom. The first-order valence-electron chi connectivity index (χ1n) is 8.74. The first-order valence-corrected chi connectivity index (χ1v) is 8.74. The van der Waals surface area contributed by atoms with Crippen LogP contribution in [0, 0.1) is 5.92 Å². The van der Waals surface area contributed by atoms with Crippen LogP contribution in [-0.4, -0.2) is 51.7 Å². The number of hydrogen-bond acceptors (Lipinski definition) is 4. The maximum atomic E-state index is 6.07. The smallest absolute Gasteiger partial charge is 0.0700 e. The minimum atomic E-state index is 0.242. The summed E-state index contributed by atoms with van der Waals surface area (Å²) >= 11 is 0. The van der Waals surface area contributed by atoms with Gasteiger partial charge in [0, 0.05) is 26.4 Å². The van der Waals surface area contributed by atoms with Crippen molar-refractivity contribution >= 4 is 0 Å². The van der Waals surface area contributed by atoms with Gasteiger partial charge in [-0.2, -0.15) is 0 Å². The zero-order chi connectivity index (χ0) is 15.0. The first kappa shape index (κ1) is 17.2. The highest BCUT2D eigenvalue weighted by atomic mass is 16.5. The largest absolute Gasteiger partial charge is 0.382 e. The third kappa shape index (κ3) is 5.20. The van der Waals surface area contributed by atoms with E-state index >= 15 is 0 Å². The van der Waals surface area contributed by atoms with Gasteiger partial charge >= 0.3 is 0 Å². The van der Waals surface area contributed by atoms with Crippen LogP contribution in [0.1, 0.15) is 51.9 Å². The Balaban J connectivity index is 1.76. The van der Waals surface area contributed by atoms with Gasteiger partial charge in [0.25, 0.3) is 0 Å². The molecule has 2 rings (SSSR count). The molecule has 1 N–H and O–H groups in total. The Labute approximate surface area is 129 Å². The molecule has 1 aliphatic heterocycles. The van der Waals surface area contributed by atoms with E-state index in [1.807, 2.05) is 0 Å². The summed E-state index contributed by atoms with van der Waals surface area (Å²) in [6, 6.07) is 0.578. The van der Waals surface area contributed by atoms with Crippen LogP contribution in [-0.2, 0) is 14.2 Å². The molecule has 0 amide bonds. The van der Waals surface area contributed by atoms with Crippen molar-refractivity contribution in [3.63, 3.8) is 0 Å². The molecule has 0 bridgehead atoms. The Morgan fingerprint density at radius 1 is 1.29 bits per heavy atom.